The molecule has 1 atom stereocenters. The van der Waals surface area contributed by atoms with Crippen LogP contribution in [-0.4, -0.2) is 16.3 Å². The number of hydrogen-bond acceptors (Lipinski definition) is 7. The maximum atomic E-state index is 13.7. The summed E-state index contributed by atoms with van der Waals surface area (Å²) in [6.45, 7) is 2.21. The molecule has 0 saturated carbocycles. The molecule has 0 fully saturated rings. The van der Waals surface area contributed by atoms with E-state index >= 15 is 0 Å². The first-order chi connectivity index (χ1) is 15.5. The number of benzene rings is 1. The minimum Gasteiger partial charge on any atom is -0.454 e. The molecular formula is C23H17BrN4O4. The molecule has 2 aromatic heterocycles. The fraction of sp³-hybridized carbons (Fsp3) is 0.174. The number of nitrogens with zero attached hydrogens (tertiary/aromatic N) is 3. The number of hydrogen-bond donors (Lipinski definition) is 1. The maximum Gasteiger partial charge on any atom is 0.259 e. The van der Waals surface area contributed by atoms with Crippen molar-refractivity contribution in [2.24, 2.45) is 5.73 Å². The van der Waals surface area contributed by atoms with Crippen molar-refractivity contribution in [3.63, 3.8) is 0 Å². The average molecular weight is 493 g/mol. The second kappa shape index (κ2) is 7.73. The van der Waals surface area contributed by atoms with Gasteiger partial charge in [0.05, 0.1) is 23.7 Å². The number of aryl methyl sites for hydroxylation is 1. The molecule has 0 radical (unpaired) electrons. The van der Waals surface area contributed by atoms with Crippen LogP contribution in [0.5, 0.6) is 17.2 Å². The highest BCUT2D eigenvalue weighted by Crippen LogP contribution is 2.46. The number of rotatable bonds is 3. The summed E-state index contributed by atoms with van der Waals surface area (Å²) in [6, 6.07) is 13.0. The largest absolute Gasteiger partial charge is 0.454 e. The third-order valence-electron chi connectivity index (χ3n) is 5.54. The summed E-state index contributed by atoms with van der Waals surface area (Å²) in [5.41, 5.74) is 8.40. The smallest absolute Gasteiger partial charge is 0.259 e. The van der Waals surface area contributed by atoms with E-state index in [0.29, 0.717) is 38.5 Å². The van der Waals surface area contributed by atoms with E-state index in [2.05, 4.69) is 27.0 Å². The van der Waals surface area contributed by atoms with Crippen molar-refractivity contribution >= 4 is 15.9 Å². The summed E-state index contributed by atoms with van der Waals surface area (Å²) in [6.07, 6.45) is 1.68. The van der Waals surface area contributed by atoms with Gasteiger partial charge in [0.1, 0.15) is 17.4 Å². The lowest BCUT2D eigenvalue weighted by Gasteiger charge is -2.28. The third kappa shape index (κ3) is 3.20. The van der Waals surface area contributed by atoms with Crippen molar-refractivity contribution < 1.29 is 14.2 Å². The molecule has 1 unspecified atom stereocenters. The molecule has 2 aliphatic heterocycles. The van der Waals surface area contributed by atoms with Gasteiger partial charge in [-0.05, 0) is 36.8 Å². The highest BCUT2D eigenvalue weighted by atomic mass is 79.9. The quantitative estimate of drug-likeness (QED) is 0.596. The number of pyridine rings is 2. The van der Waals surface area contributed by atoms with Crippen LogP contribution in [0.2, 0.25) is 0 Å². The lowest BCUT2D eigenvalue weighted by atomic mass is 9.83. The van der Waals surface area contributed by atoms with Crippen LogP contribution in [0.4, 0.5) is 0 Å². The minimum atomic E-state index is -0.740. The van der Waals surface area contributed by atoms with Gasteiger partial charge in [0, 0.05) is 22.4 Å². The molecule has 4 heterocycles. The molecule has 9 heteroatoms. The van der Waals surface area contributed by atoms with Gasteiger partial charge in [-0.3, -0.25) is 9.78 Å². The molecule has 0 aliphatic carbocycles. The van der Waals surface area contributed by atoms with E-state index in [1.54, 1.807) is 29.0 Å². The van der Waals surface area contributed by atoms with Gasteiger partial charge >= 0.3 is 0 Å². The van der Waals surface area contributed by atoms with Crippen LogP contribution in [0.25, 0.3) is 0 Å². The highest BCUT2D eigenvalue weighted by molar-refractivity contribution is 9.10. The van der Waals surface area contributed by atoms with E-state index in [0.717, 1.165) is 5.69 Å². The van der Waals surface area contributed by atoms with Gasteiger partial charge in [-0.15, -0.1) is 0 Å². The summed E-state index contributed by atoms with van der Waals surface area (Å²) >= 11 is 3.56. The van der Waals surface area contributed by atoms with Crippen molar-refractivity contribution in [3.05, 3.63) is 91.4 Å². The van der Waals surface area contributed by atoms with Crippen LogP contribution in [0.3, 0.4) is 0 Å². The number of nitrogens with two attached hydrogens (primary N) is 1. The molecule has 32 heavy (non-hydrogen) atoms. The zero-order valence-corrected chi connectivity index (χ0v) is 18.5. The normalized spacial score (nSPS) is 16.3. The molecular weight excluding hydrogens is 476 g/mol. The Labute approximate surface area is 191 Å². The predicted molar refractivity (Wildman–Crippen MR) is 118 cm³/mol. The van der Waals surface area contributed by atoms with Crippen LogP contribution in [-0.2, 0) is 6.54 Å². The summed E-state index contributed by atoms with van der Waals surface area (Å²) in [7, 11) is 0. The number of fused-ring (bicyclic) bond motifs is 2. The van der Waals surface area contributed by atoms with E-state index in [9.17, 15) is 10.1 Å². The molecule has 0 amide bonds. The fourth-order valence-electron chi connectivity index (χ4n) is 4.00. The Balaban J connectivity index is 1.73. The van der Waals surface area contributed by atoms with Crippen molar-refractivity contribution in [2.75, 3.05) is 6.79 Å². The standard InChI is InChI=1S/C23H17BrN4O4/c1-12-6-19-21(23(29)28(12)10-13-4-2-3-5-27-13)20(15(9-25)22(26)32-19)14-7-17-18(8-16(14)24)31-11-30-17/h2-8,20H,10-11,26H2,1H3. The predicted octanol–water partition coefficient (Wildman–Crippen LogP) is 3.31. The molecule has 8 nitrogen and oxygen atoms in total. The average Bonchev–Trinajstić information content (AvgIpc) is 3.23. The molecule has 0 saturated heterocycles. The van der Waals surface area contributed by atoms with Crippen LogP contribution >= 0.6 is 15.9 Å². The summed E-state index contributed by atoms with van der Waals surface area (Å²) in [5.74, 6) is 0.676. The van der Waals surface area contributed by atoms with Crippen LogP contribution < -0.4 is 25.5 Å². The zero-order valence-electron chi connectivity index (χ0n) is 17.0. The van der Waals surface area contributed by atoms with E-state index in [1.807, 2.05) is 25.1 Å². The molecule has 2 N–H and O–H groups in total. The van der Waals surface area contributed by atoms with Crippen molar-refractivity contribution in [3.8, 4) is 23.3 Å². The van der Waals surface area contributed by atoms with Gasteiger partial charge in [-0.1, -0.05) is 22.0 Å². The molecule has 5 rings (SSSR count). The SMILES string of the molecule is Cc1cc2c(c(=O)n1Cc1ccccn1)C(c1cc3c(cc1Br)OCO3)C(C#N)=C(N)O2. The van der Waals surface area contributed by atoms with Gasteiger partial charge < -0.3 is 24.5 Å². The Morgan fingerprint density at radius 3 is 2.75 bits per heavy atom. The monoisotopic (exact) mass is 492 g/mol. The number of nitriles is 1. The Hall–Kier alpha value is -3.77. The van der Waals surface area contributed by atoms with Crippen molar-refractivity contribution in [1.82, 2.24) is 9.55 Å². The minimum absolute atomic E-state index is 0.0316. The van der Waals surface area contributed by atoms with Crippen LogP contribution in [0, 0.1) is 18.3 Å². The van der Waals surface area contributed by atoms with E-state index < -0.39 is 5.92 Å². The van der Waals surface area contributed by atoms with Crippen molar-refractivity contribution in [1.29, 1.82) is 5.26 Å². The first-order valence-electron chi connectivity index (χ1n) is 9.78. The van der Waals surface area contributed by atoms with Gasteiger partial charge in [0.25, 0.3) is 5.56 Å². The molecule has 2 aliphatic rings. The van der Waals surface area contributed by atoms with Crippen LogP contribution in [0.15, 0.2) is 63.3 Å². The first-order valence-corrected chi connectivity index (χ1v) is 10.6. The Morgan fingerprint density at radius 1 is 1.25 bits per heavy atom. The zero-order chi connectivity index (χ0) is 22.4. The second-order valence-corrected chi connectivity index (χ2v) is 8.28. The summed E-state index contributed by atoms with van der Waals surface area (Å²) in [5, 5.41) is 9.90. The Kier molecular flexibility index (Phi) is 4.87. The van der Waals surface area contributed by atoms with Gasteiger partial charge in [-0.2, -0.15) is 5.26 Å². The number of halogens is 1. The first kappa shape index (κ1) is 20.2. The summed E-state index contributed by atoms with van der Waals surface area (Å²) in [4.78, 5) is 18.1. The highest BCUT2D eigenvalue weighted by Gasteiger charge is 2.36. The Bertz CT molecular complexity index is 1380. The molecule has 3 aromatic rings. The third-order valence-corrected chi connectivity index (χ3v) is 6.23. The lowest BCUT2D eigenvalue weighted by molar-refractivity contribution is 0.174. The number of ether oxygens (including phenoxy) is 3. The molecule has 0 spiro atoms. The summed E-state index contributed by atoms with van der Waals surface area (Å²) < 4.78 is 19.0. The van der Waals surface area contributed by atoms with Crippen LogP contribution in [0.1, 0.15) is 28.4 Å². The fourth-order valence-corrected chi connectivity index (χ4v) is 4.55. The maximum absolute atomic E-state index is 13.7. The van der Waals surface area contributed by atoms with Gasteiger partial charge in [-0.25, -0.2) is 0 Å². The molecule has 0 bridgehead atoms. The lowest BCUT2D eigenvalue weighted by Crippen LogP contribution is -2.33. The number of allylic oxidation sites excluding steroid dienone is 1. The van der Waals surface area contributed by atoms with E-state index in [4.69, 9.17) is 19.9 Å². The van der Waals surface area contributed by atoms with E-state index in [-0.39, 0.29) is 30.4 Å². The van der Waals surface area contributed by atoms with E-state index in [1.165, 1.54) is 0 Å². The van der Waals surface area contributed by atoms with Crippen molar-refractivity contribution in [2.45, 2.75) is 19.4 Å². The van der Waals surface area contributed by atoms with Gasteiger partial charge in [0.2, 0.25) is 12.7 Å². The Morgan fingerprint density at radius 2 is 2.03 bits per heavy atom. The molecule has 1 aromatic carbocycles. The second-order valence-electron chi connectivity index (χ2n) is 7.43. The number of aromatic nitrogens is 2. The molecule has 160 valence electrons. The van der Waals surface area contributed by atoms with Gasteiger partial charge in [0.15, 0.2) is 11.5 Å². The topological polar surface area (TPSA) is 112 Å².